The number of thiophene rings is 1. The Morgan fingerprint density at radius 3 is 3.07 bits per heavy atom. The average Bonchev–Trinajstić information content (AvgIpc) is 2.75. The Morgan fingerprint density at radius 2 is 2.50 bits per heavy atom. The molecule has 0 radical (unpaired) electrons. The van der Waals surface area contributed by atoms with Crippen LogP contribution in [0.3, 0.4) is 0 Å². The molecule has 0 fully saturated rings. The van der Waals surface area contributed by atoms with E-state index in [9.17, 15) is 4.79 Å². The molecule has 72 valence electrons. The topological polar surface area (TPSA) is 96.7 Å². The van der Waals surface area contributed by atoms with Crippen LogP contribution in [0.1, 0.15) is 9.67 Å². The van der Waals surface area contributed by atoms with Gasteiger partial charge in [-0.15, -0.1) is 16.4 Å². The van der Waals surface area contributed by atoms with Crippen molar-refractivity contribution in [1.29, 1.82) is 0 Å². The first-order chi connectivity index (χ1) is 6.75. The molecular weight excluding hydrogens is 202 g/mol. The number of nitrogens with two attached hydrogens (primary N) is 1. The number of aromatic amines is 1. The summed E-state index contributed by atoms with van der Waals surface area (Å²) in [6, 6.07) is 3.52. The number of hydrogen-bond acceptors (Lipinski definition) is 5. The maximum absolute atomic E-state index is 11.4. The van der Waals surface area contributed by atoms with Crippen molar-refractivity contribution in [2.24, 2.45) is 0 Å². The Morgan fingerprint density at radius 1 is 1.64 bits per heavy atom. The van der Waals surface area contributed by atoms with Crippen molar-refractivity contribution < 1.29 is 4.79 Å². The maximum atomic E-state index is 11.4. The number of aromatic nitrogens is 3. The Balaban J connectivity index is 2.09. The molecule has 6 nitrogen and oxygen atoms in total. The van der Waals surface area contributed by atoms with Gasteiger partial charge in [-0.1, -0.05) is 6.07 Å². The van der Waals surface area contributed by atoms with Gasteiger partial charge >= 0.3 is 0 Å². The first-order valence-electron chi connectivity index (χ1n) is 3.78. The molecule has 0 aliphatic heterocycles. The highest BCUT2D eigenvalue weighted by molar-refractivity contribution is 7.12. The van der Waals surface area contributed by atoms with E-state index in [0.29, 0.717) is 4.88 Å². The highest BCUT2D eigenvalue weighted by atomic mass is 32.1. The number of carbonyl (C=O) groups excluding carboxylic acids is 1. The molecule has 7 heteroatoms. The number of H-pyrrole nitrogens is 1. The molecule has 1 amide bonds. The first kappa shape index (κ1) is 8.70. The zero-order chi connectivity index (χ0) is 9.97. The smallest absolute Gasteiger partial charge is 0.268 e. The van der Waals surface area contributed by atoms with Crippen LogP contribution in [0.25, 0.3) is 0 Å². The van der Waals surface area contributed by atoms with Gasteiger partial charge < -0.3 is 5.73 Å². The number of hydrogen-bond donors (Lipinski definition) is 3. The average molecular weight is 209 g/mol. The van der Waals surface area contributed by atoms with Crippen LogP contribution in [0.5, 0.6) is 0 Å². The van der Waals surface area contributed by atoms with Gasteiger partial charge in [0.2, 0.25) is 5.95 Å². The molecule has 0 spiro atoms. The van der Waals surface area contributed by atoms with Crippen LogP contribution in [-0.2, 0) is 0 Å². The molecular formula is C7H7N5OS. The third-order valence-corrected chi connectivity index (χ3v) is 2.34. The second-order valence-corrected chi connectivity index (χ2v) is 3.42. The second kappa shape index (κ2) is 3.46. The molecule has 0 saturated heterocycles. The number of amides is 1. The lowest BCUT2D eigenvalue weighted by atomic mass is 10.4. The molecule has 0 atom stereocenters. The quantitative estimate of drug-likeness (QED) is 0.678. The molecule has 2 aromatic rings. The van der Waals surface area contributed by atoms with Gasteiger partial charge in [0.15, 0.2) is 0 Å². The standard InChI is InChI=1S/C7H7N5OS/c8-6-10-7(12-11-6)9-5(13)4-2-1-3-14-4/h1-3H,(H4,8,9,10,11,12,13). The second-order valence-electron chi connectivity index (χ2n) is 2.48. The molecule has 2 aromatic heterocycles. The van der Waals surface area contributed by atoms with E-state index in [0.717, 1.165) is 0 Å². The number of nitrogens with zero attached hydrogens (tertiary/aromatic N) is 2. The number of nitrogens with one attached hydrogen (secondary N) is 2. The largest absolute Gasteiger partial charge is 0.368 e. The third-order valence-electron chi connectivity index (χ3n) is 1.47. The summed E-state index contributed by atoms with van der Waals surface area (Å²) in [6.45, 7) is 0. The Kier molecular flexibility index (Phi) is 2.15. The van der Waals surface area contributed by atoms with Crippen molar-refractivity contribution >= 4 is 29.1 Å². The molecule has 2 heterocycles. The molecule has 0 aliphatic carbocycles. The highest BCUT2D eigenvalue weighted by Gasteiger charge is 2.09. The third kappa shape index (κ3) is 1.72. The van der Waals surface area contributed by atoms with E-state index >= 15 is 0 Å². The van der Waals surface area contributed by atoms with E-state index in [1.807, 2.05) is 5.38 Å². The molecule has 2 rings (SSSR count). The molecule has 0 bridgehead atoms. The van der Waals surface area contributed by atoms with Crippen LogP contribution in [-0.4, -0.2) is 21.1 Å². The molecule has 4 N–H and O–H groups in total. The van der Waals surface area contributed by atoms with Crippen molar-refractivity contribution in [2.45, 2.75) is 0 Å². The van der Waals surface area contributed by atoms with Gasteiger partial charge in [-0.25, -0.2) is 5.10 Å². The zero-order valence-electron chi connectivity index (χ0n) is 7.02. The minimum absolute atomic E-state index is 0.173. The normalized spacial score (nSPS) is 10.0. The predicted molar refractivity (Wildman–Crippen MR) is 53.1 cm³/mol. The van der Waals surface area contributed by atoms with E-state index < -0.39 is 0 Å². The Labute approximate surface area is 83.2 Å². The number of carbonyl (C=O) groups is 1. The Bertz CT molecular complexity index is 435. The monoisotopic (exact) mass is 209 g/mol. The van der Waals surface area contributed by atoms with E-state index in [-0.39, 0.29) is 17.8 Å². The van der Waals surface area contributed by atoms with Crippen molar-refractivity contribution in [2.75, 3.05) is 11.1 Å². The Hall–Kier alpha value is -1.89. The fourth-order valence-corrected chi connectivity index (χ4v) is 1.52. The molecule has 0 aromatic carbocycles. The number of nitrogen functional groups attached to an aromatic ring is 1. The zero-order valence-corrected chi connectivity index (χ0v) is 7.84. The van der Waals surface area contributed by atoms with Crippen LogP contribution in [0.15, 0.2) is 17.5 Å². The maximum Gasteiger partial charge on any atom is 0.268 e. The van der Waals surface area contributed by atoms with Crippen molar-refractivity contribution in [3.63, 3.8) is 0 Å². The van der Waals surface area contributed by atoms with E-state index in [4.69, 9.17) is 5.73 Å². The van der Waals surface area contributed by atoms with Gasteiger partial charge in [0.1, 0.15) is 0 Å². The summed E-state index contributed by atoms with van der Waals surface area (Å²) >= 11 is 1.35. The van der Waals surface area contributed by atoms with Crippen LogP contribution in [0.2, 0.25) is 0 Å². The van der Waals surface area contributed by atoms with Crippen LogP contribution in [0, 0.1) is 0 Å². The van der Waals surface area contributed by atoms with Crippen molar-refractivity contribution in [1.82, 2.24) is 15.2 Å². The SMILES string of the molecule is Nc1nc(NC(=O)c2cccs2)n[nH]1. The van der Waals surface area contributed by atoms with E-state index in [1.54, 1.807) is 12.1 Å². The van der Waals surface area contributed by atoms with E-state index in [2.05, 4.69) is 20.5 Å². The van der Waals surface area contributed by atoms with Crippen LogP contribution >= 0.6 is 11.3 Å². The van der Waals surface area contributed by atoms with Crippen LogP contribution < -0.4 is 11.1 Å². The van der Waals surface area contributed by atoms with Gasteiger partial charge in [0.05, 0.1) is 4.88 Å². The van der Waals surface area contributed by atoms with Gasteiger partial charge in [-0.05, 0) is 11.4 Å². The lowest BCUT2D eigenvalue weighted by Crippen LogP contribution is -2.11. The highest BCUT2D eigenvalue weighted by Crippen LogP contribution is 2.10. The van der Waals surface area contributed by atoms with Crippen molar-refractivity contribution in [3.8, 4) is 0 Å². The summed E-state index contributed by atoms with van der Waals surface area (Å²) in [6.07, 6.45) is 0. The summed E-state index contributed by atoms with van der Waals surface area (Å²) in [5, 5.41) is 10.4. The van der Waals surface area contributed by atoms with Gasteiger partial charge in [0.25, 0.3) is 11.9 Å². The van der Waals surface area contributed by atoms with Crippen molar-refractivity contribution in [3.05, 3.63) is 22.4 Å². The molecule has 0 unspecified atom stereocenters. The summed E-state index contributed by atoms with van der Waals surface area (Å²) in [5.41, 5.74) is 5.30. The first-order valence-corrected chi connectivity index (χ1v) is 4.66. The fraction of sp³-hybridized carbons (Fsp3) is 0. The van der Waals surface area contributed by atoms with Gasteiger partial charge in [-0.2, -0.15) is 4.98 Å². The summed E-state index contributed by atoms with van der Waals surface area (Å²) < 4.78 is 0. The molecule has 0 saturated carbocycles. The van der Waals surface area contributed by atoms with Crippen LogP contribution in [0.4, 0.5) is 11.9 Å². The minimum Gasteiger partial charge on any atom is -0.368 e. The predicted octanol–water partition coefficient (Wildman–Crippen LogP) is 0.701. The number of rotatable bonds is 2. The minimum atomic E-state index is -0.237. The molecule has 0 aliphatic rings. The lowest BCUT2D eigenvalue weighted by Gasteiger charge is -1.95. The lowest BCUT2D eigenvalue weighted by molar-refractivity contribution is 0.102. The molecule has 14 heavy (non-hydrogen) atoms. The fourth-order valence-electron chi connectivity index (χ4n) is 0.901. The summed E-state index contributed by atoms with van der Waals surface area (Å²) in [7, 11) is 0. The van der Waals surface area contributed by atoms with Gasteiger partial charge in [0, 0.05) is 0 Å². The van der Waals surface area contributed by atoms with Gasteiger partial charge in [-0.3, -0.25) is 10.1 Å². The number of anilines is 2. The van der Waals surface area contributed by atoms with E-state index in [1.165, 1.54) is 11.3 Å². The summed E-state index contributed by atoms with van der Waals surface area (Å²) in [5.74, 6) is 0.117. The summed E-state index contributed by atoms with van der Waals surface area (Å²) in [4.78, 5) is 15.8.